The SMILES string of the molecule is C[C@]12CC[C@@H]3[C@H]4CCC(=O)C[C@H]4[C@@H](O)C[C@H]3[C@@H]1CCC2=O. The number of Topliss-reactive ketones (excluding diaryl/α,β-unsaturated/α-hetero) is 2. The van der Waals surface area contributed by atoms with Crippen molar-refractivity contribution in [3.8, 4) is 0 Å². The number of aliphatic hydroxyl groups is 1. The third-order valence-corrected chi connectivity index (χ3v) is 7.53. The summed E-state index contributed by atoms with van der Waals surface area (Å²) in [5.41, 5.74) is -0.113. The maximum atomic E-state index is 12.3. The molecule has 21 heavy (non-hydrogen) atoms. The largest absolute Gasteiger partial charge is 0.393 e. The van der Waals surface area contributed by atoms with E-state index in [-0.39, 0.29) is 17.4 Å². The highest BCUT2D eigenvalue weighted by Crippen LogP contribution is 2.61. The lowest BCUT2D eigenvalue weighted by Crippen LogP contribution is -2.53. The maximum Gasteiger partial charge on any atom is 0.139 e. The highest BCUT2D eigenvalue weighted by atomic mass is 16.3. The van der Waals surface area contributed by atoms with Gasteiger partial charge < -0.3 is 5.11 Å². The Morgan fingerprint density at radius 1 is 1.00 bits per heavy atom. The van der Waals surface area contributed by atoms with Crippen molar-refractivity contribution in [3.05, 3.63) is 0 Å². The van der Waals surface area contributed by atoms with E-state index in [1.54, 1.807) is 0 Å². The van der Waals surface area contributed by atoms with Gasteiger partial charge in [-0.05, 0) is 61.7 Å². The molecule has 4 aliphatic rings. The maximum absolute atomic E-state index is 12.3. The topological polar surface area (TPSA) is 54.4 Å². The summed E-state index contributed by atoms with van der Waals surface area (Å²) < 4.78 is 0. The average molecular weight is 290 g/mol. The van der Waals surface area contributed by atoms with E-state index in [0.717, 1.165) is 38.5 Å². The number of aliphatic hydroxyl groups excluding tert-OH is 1. The van der Waals surface area contributed by atoms with Crippen LogP contribution in [0.1, 0.15) is 58.3 Å². The summed E-state index contributed by atoms with van der Waals surface area (Å²) in [6.45, 7) is 2.17. The molecule has 0 radical (unpaired) electrons. The zero-order valence-electron chi connectivity index (χ0n) is 12.9. The van der Waals surface area contributed by atoms with Crippen LogP contribution in [0.3, 0.4) is 0 Å². The zero-order chi connectivity index (χ0) is 14.8. The molecule has 7 atom stereocenters. The molecule has 0 amide bonds. The van der Waals surface area contributed by atoms with Gasteiger partial charge in [-0.1, -0.05) is 6.92 Å². The molecule has 3 nitrogen and oxygen atoms in total. The van der Waals surface area contributed by atoms with Gasteiger partial charge in [-0.15, -0.1) is 0 Å². The van der Waals surface area contributed by atoms with Crippen molar-refractivity contribution in [2.24, 2.45) is 35.0 Å². The first-order chi connectivity index (χ1) is 10.0. The van der Waals surface area contributed by atoms with Crippen LogP contribution < -0.4 is 0 Å². The Bertz CT molecular complexity index is 485. The van der Waals surface area contributed by atoms with E-state index in [0.29, 0.717) is 48.1 Å². The van der Waals surface area contributed by atoms with Gasteiger partial charge in [0.1, 0.15) is 11.6 Å². The summed E-state index contributed by atoms with van der Waals surface area (Å²) in [5.74, 6) is 3.17. The molecule has 0 unspecified atom stereocenters. The minimum Gasteiger partial charge on any atom is -0.393 e. The Balaban J connectivity index is 1.63. The fourth-order valence-electron chi connectivity index (χ4n) is 6.42. The molecular formula is C18H26O3. The van der Waals surface area contributed by atoms with Crippen molar-refractivity contribution in [1.29, 1.82) is 0 Å². The van der Waals surface area contributed by atoms with Crippen LogP contribution in [0.2, 0.25) is 0 Å². The second-order valence-corrected chi connectivity index (χ2v) is 8.26. The molecule has 4 aliphatic carbocycles. The Labute approximate surface area is 126 Å². The molecule has 1 N–H and O–H groups in total. The monoisotopic (exact) mass is 290 g/mol. The van der Waals surface area contributed by atoms with E-state index in [1.807, 2.05) is 0 Å². The molecule has 0 heterocycles. The van der Waals surface area contributed by atoms with Gasteiger partial charge in [0.05, 0.1) is 6.10 Å². The second-order valence-electron chi connectivity index (χ2n) is 8.26. The number of carbonyl (C=O) groups excluding carboxylic acids is 2. The quantitative estimate of drug-likeness (QED) is 0.746. The minimum atomic E-state index is -0.321. The molecule has 0 aromatic carbocycles. The first kappa shape index (κ1) is 13.9. The van der Waals surface area contributed by atoms with E-state index in [1.165, 1.54) is 0 Å². The van der Waals surface area contributed by atoms with Crippen LogP contribution in [0.5, 0.6) is 0 Å². The molecule has 0 saturated heterocycles. The number of hydrogen-bond donors (Lipinski definition) is 1. The predicted octanol–water partition coefficient (Wildman–Crippen LogP) is 2.75. The van der Waals surface area contributed by atoms with E-state index < -0.39 is 0 Å². The summed E-state index contributed by atoms with van der Waals surface area (Å²) in [5, 5.41) is 10.6. The van der Waals surface area contributed by atoms with Gasteiger partial charge in [0.15, 0.2) is 0 Å². The van der Waals surface area contributed by atoms with Gasteiger partial charge in [-0.3, -0.25) is 9.59 Å². The summed E-state index contributed by atoms with van der Waals surface area (Å²) in [7, 11) is 0. The van der Waals surface area contributed by atoms with Crippen molar-refractivity contribution in [2.45, 2.75) is 64.4 Å². The lowest BCUT2D eigenvalue weighted by molar-refractivity contribution is -0.143. The molecule has 116 valence electrons. The van der Waals surface area contributed by atoms with Gasteiger partial charge in [-0.25, -0.2) is 0 Å². The molecule has 4 rings (SSSR count). The van der Waals surface area contributed by atoms with Crippen molar-refractivity contribution in [1.82, 2.24) is 0 Å². The second kappa shape index (κ2) is 4.65. The van der Waals surface area contributed by atoms with Crippen molar-refractivity contribution >= 4 is 11.6 Å². The van der Waals surface area contributed by atoms with Crippen LogP contribution >= 0.6 is 0 Å². The fraction of sp³-hybridized carbons (Fsp3) is 0.889. The minimum absolute atomic E-state index is 0.113. The lowest BCUT2D eigenvalue weighted by atomic mass is 9.50. The van der Waals surface area contributed by atoms with E-state index in [2.05, 4.69) is 6.92 Å². The molecule has 3 heteroatoms. The third kappa shape index (κ3) is 1.89. The summed E-state index contributed by atoms with van der Waals surface area (Å²) in [6.07, 6.45) is 6.71. The first-order valence-electron chi connectivity index (χ1n) is 8.74. The van der Waals surface area contributed by atoms with Crippen molar-refractivity contribution in [3.63, 3.8) is 0 Å². The molecule has 4 saturated carbocycles. The standard InChI is InChI=1S/C18H26O3/c1-18-7-6-12-11-3-2-10(19)8-14(11)16(20)9-13(12)15(18)4-5-17(18)21/h11-16,20H,2-9H2,1H3/t11-,12-,13-,14-,15+,16+,18+/m1/s1. The van der Waals surface area contributed by atoms with Crippen LogP contribution in [-0.2, 0) is 9.59 Å². The normalized spacial score (nSPS) is 53.0. The molecule has 0 bridgehead atoms. The first-order valence-corrected chi connectivity index (χ1v) is 8.74. The van der Waals surface area contributed by atoms with Gasteiger partial charge in [0.2, 0.25) is 0 Å². The van der Waals surface area contributed by atoms with E-state index in [4.69, 9.17) is 0 Å². The zero-order valence-corrected chi connectivity index (χ0v) is 12.9. The highest BCUT2D eigenvalue weighted by molar-refractivity contribution is 5.87. The number of carbonyl (C=O) groups is 2. The molecule has 0 spiro atoms. The highest BCUT2D eigenvalue weighted by Gasteiger charge is 2.58. The smallest absolute Gasteiger partial charge is 0.139 e. The van der Waals surface area contributed by atoms with Crippen LogP contribution in [0.15, 0.2) is 0 Å². The van der Waals surface area contributed by atoms with Gasteiger partial charge in [0, 0.05) is 24.7 Å². The molecule has 4 fully saturated rings. The summed E-state index contributed by atoms with van der Waals surface area (Å²) >= 11 is 0. The van der Waals surface area contributed by atoms with Crippen LogP contribution in [0.25, 0.3) is 0 Å². The summed E-state index contributed by atoms with van der Waals surface area (Å²) in [6, 6.07) is 0. The molecule has 0 aliphatic heterocycles. The van der Waals surface area contributed by atoms with Crippen molar-refractivity contribution in [2.75, 3.05) is 0 Å². The van der Waals surface area contributed by atoms with Crippen LogP contribution in [0.4, 0.5) is 0 Å². The Kier molecular flexibility index (Phi) is 3.08. The Morgan fingerprint density at radius 3 is 2.57 bits per heavy atom. The fourth-order valence-corrected chi connectivity index (χ4v) is 6.42. The van der Waals surface area contributed by atoms with Gasteiger partial charge in [0.25, 0.3) is 0 Å². The third-order valence-electron chi connectivity index (χ3n) is 7.53. The number of ketones is 2. The number of fused-ring (bicyclic) bond motifs is 5. The predicted molar refractivity (Wildman–Crippen MR) is 78.5 cm³/mol. The molecular weight excluding hydrogens is 264 g/mol. The van der Waals surface area contributed by atoms with Crippen LogP contribution in [-0.4, -0.2) is 22.8 Å². The number of hydrogen-bond acceptors (Lipinski definition) is 3. The summed E-state index contributed by atoms with van der Waals surface area (Å²) in [4.78, 5) is 24.0. The van der Waals surface area contributed by atoms with Gasteiger partial charge >= 0.3 is 0 Å². The van der Waals surface area contributed by atoms with Crippen molar-refractivity contribution < 1.29 is 14.7 Å². The van der Waals surface area contributed by atoms with E-state index in [9.17, 15) is 14.7 Å². The van der Waals surface area contributed by atoms with Crippen LogP contribution in [0, 0.1) is 35.0 Å². The Hall–Kier alpha value is -0.700. The molecule has 0 aromatic heterocycles. The average Bonchev–Trinajstić information content (AvgIpc) is 2.76. The lowest BCUT2D eigenvalue weighted by Gasteiger charge is -2.55. The Morgan fingerprint density at radius 2 is 1.76 bits per heavy atom. The molecule has 0 aromatic rings. The number of rotatable bonds is 0. The van der Waals surface area contributed by atoms with E-state index >= 15 is 0 Å². The van der Waals surface area contributed by atoms with Gasteiger partial charge in [-0.2, -0.15) is 0 Å².